The third-order valence-corrected chi connectivity index (χ3v) is 6.47. The molecule has 3 rings (SSSR count). The first kappa shape index (κ1) is 18.7. The highest BCUT2D eigenvalue weighted by molar-refractivity contribution is 8.00. The third-order valence-electron chi connectivity index (χ3n) is 3.79. The summed E-state index contributed by atoms with van der Waals surface area (Å²) in [6, 6.07) is -1.84. The Labute approximate surface area is 156 Å². The van der Waals surface area contributed by atoms with Crippen LogP contribution in [0.4, 0.5) is 5.13 Å². The monoisotopic (exact) mass is 418 g/mol. The lowest BCUT2D eigenvalue weighted by Gasteiger charge is -2.43. The smallest absolute Gasteiger partial charge is 0.327 e. The Kier molecular flexibility index (Phi) is 4.71. The number of hydrogen-bond acceptors (Lipinski definition) is 9. The number of aromatic nitrogens is 1. The summed E-state index contributed by atoms with van der Waals surface area (Å²) in [5.74, 6) is -2.18. The molecule has 13 heteroatoms. The number of carboxylic acid groups (broad SMARTS) is 1. The molecule has 3 heterocycles. The highest BCUT2D eigenvalue weighted by Gasteiger charge is 2.57. The van der Waals surface area contributed by atoms with Crippen LogP contribution in [0.2, 0.25) is 0 Å². The molecule has 0 radical (unpaired) electrons. The molecular weight excluding hydrogens is 404 g/mol. The van der Waals surface area contributed by atoms with E-state index in [4.69, 9.17) is 10.8 Å². The molecular formula is C13H14N4O6S3. The summed E-state index contributed by atoms with van der Waals surface area (Å²) in [6.07, 6.45) is 0.927. The number of nitrogens with two attached hydrogens (primary N) is 1. The number of fused-ring (bicyclic) bond motifs is 1. The van der Waals surface area contributed by atoms with Crippen LogP contribution >= 0.6 is 23.1 Å². The maximum Gasteiger partial charge on any atom is 0.327 e. The summed E-state index contributed by atoms with van der Waals surface area (Å²) in [5.41, 5.74) is 5.39. The van der Waals surface area contributed by atoms with Gasteiger partial charge in [-0.3, -0.25) is 9.59 Å². The summed E-state index contributed by atoms with van der Waals surface area (Å²) in [4.78, 5) is 41.0. The number of β-lactam (4-membered cyclic amide) rings is 1. The number of amides is 2. The number of carboxylic acids is 1. The summed E-state index contributed by atoms with van der Waals surface area (Å²) >= 11 is 2.29. The molecule has 0 aromatic carbocycles. The van der Waals surface area contributed by atoms with Gasteiger partial charge in [0, 0.05) is 22.8 Å². The topological polar surface area (TPSA) is 160 Å². The van der Waals surface area contributed by atoms with Crippen molar-refractivity contribution in [2.75, 3.05) is 17.7 Å². The number of carbonyl (C=O) groups excluding carboxylic acids is 2. The quantitative estimate of drug-likeness (QED) is 0.401. The minimum absolute atomic E-state index is 0.0848. The Bertz CT molecular complexity index is 924. The van der Waals surface area contributed by atoms with Crippen LogP contribution in [0.3, 0.4) is 0 Å². The van der Waals surface area contributed by atoms with Crippen molar-refractivity contribution < 1.29 is 27.9 Å². The molecule has 2 saturated heterocycles. The van der Waals surface area contributed by atoms with Crippen LogP contribution in [0, 0.1) is 0 Å². The van der Waals surface area contributed by atoms with Gasteiger partial charge in [-0.25, -0.2) is 18.2 Å². The largest absolute Gasteiger partial charge is 0.480 e. The number of thioether (sulfide) groups is 1. The van der Waals surface area contributed by atoms with E-state index in [-0.39, 0.29) is 22.2 Å². The van der Waals surface area contributed by atoms with E-state index in [0.717, 1.165) is 23.0 Å². The highest BCUT2D eigenvalue weighted by Crippen LogP contribution is 2.40. The fourth-order valence-electron chi connectivity index (χ4n) is 2.66. The lowest BCUT2D eigenvalue weighted by molar-refractivity contribution is -0.158. The molecule has 2 fully saturated rings. The van der Waals surface area contributed by atoms with Gasteiger partial charge >= 0.3 is 5.97 Å². The Hall–Kier alpha value is -2.12. The number of nitrogens with zero attached hydrogens (tertiary/aromatic N) is 2. The van der Waals surface area contributed by atoms with Crippen LogP contribution in [0.25, 0.3) is 5.57 Å². The maximum atomic E-state index is 12.6. The van der Waals surface area contributed by atoms with Crippen molar-refractivity contribution in [2.24, 2.45) is 0 Å². The predicted octanol–water partition coefficient (Wildman–Crippen LogP) is -1.04. The number of hydrogen-bond donors (Lipinski definition) is 3. The van der Waals surface area contributed by atoms with Gasteiger partial charge in [-0.15, -0.1) is 23.1 Å². The molecule has 1 aromatic rings. The molecule has 0 saturated carbocycles. The summed E-state index contributed by atoms with van der Waals surface area (Å²) in [7, 11) is -3.66. The fraction of sp³-hybridized carbons (Fsp3) is 0.385. The Morgan fingerprint density at radius 3 is 2.73 bits per heavy atom. The van der Waals surface area contributed by atoms with Gasteiger partial charge in [-0.1, -0.05) is 0 Å². The van der Waals surface area contributed by atoms with Crippen LogP contribution in [-0.4, -0.2) is 70.7 Å². The van der Waals surface area contributed by atoms with E-state index in [1.807, 2.05) is 0 Å². The van der Waals surface area contributed by atoms with E-state index in [2.05, 4.69) is 10.3 Å². The second-order valence-corrected chi connectivity index (χ2v) is 9.64. The molecule has 1 aromatic heterocycles. The average molecular weight is 418 g/mol. The molecule has 2 amide bonds. The van der Waals surface area contributed by atoms with Gasteiger partial charge < -0.3 is 21.1 Å². The van der Waals surface area contributed by atoms with Gasteiger partial charge in [0.2, 0.25) is 5.91 Å². The van der Waals surface area contributed by atoms with Crippen molar-refractivity contribution in [1.29, 1.82) is 0 Å². The van der Waals surface area contributed by atoms with Crippen molar-refractivity contribution >= 4 is 61.4 Å². The fourth-order valence-corrected chi connectivity index (χ4v) is 5.35. The first-order valence-electron chi connectivity index (χ1n) is 7.19. The van der Waals surface area contributed by atoms with E-state index in [9.17, 15) is 22.8 Å². The van der Waals surface area contributed by atoms with Crippen LogP contribution in [0.5, 0.6) is 0 Å². The van der Waals surface area contributed by atoms with Crippen molar-refractivity contribution in [1.82, 2.24) is 15.2 Å². The van der Waals surface area contributed by atoms with Crippen LogP contribution in [0.15, 0.2) is 10.8 Å². The molecule has 0 aliphatic carbocycles. The molecule has 2 aliphatic heterocycles. The molecule has 0 spiro atoms. The van der Waals surface area contributed by atoms with Gasteiger partial charge in [-0.05, 0) is 0 Å². The second kappa shape index (κ2) is 6.55. The minimum Gasteiger partial charge on any atom is -0.480 e. The number of anilines is 1. The van der Waals surface area contributed by atoms with Crippen molar-refractivity contribution in [2.45, 2.75) is 17.5 Å². The van der Waals surface area contributed by atoms with E-state index < -0.39 is 45.1 Å². The number of nitrogen functional groups attached to an aromatic ring is 1. The summed E-state index contributed by atoms with van der Waals surface area (Å²) < 4.78 is 23.2. The van der Waals surface area contributed by atoms with E-state index in [0.29, 0.717) is 0 Å². The van der Waals surface area contributed by atoms with Crippen molar-refractivity contribution in [3.8, 4) is 0 Å². The Morgan fingerprint density at radius 1 is 1.50 bits per heavy atom. The van der Waals surface area contributed by atoms with Gasteiger partial charge in [0.15, 0.2) is 15.0 Å². The lowest BCUT2D eigenvalue weighted by atomic mass is 10.0. The van der Waals surface area contributed by atoms with Gasteiger partial charge in [-0.2, -0.15) is 0 Å². The average Bonchev–Trinajstić information content (AvgIpc) is 3.13. The van der Waals surface area contributed by atoms with E-state index in [1.54, 1.807) is 0 Å². The number of carbonyl (C=O) groups is 3. The Balaban J connectivity index is 1.81. The molecule has 26 heavy (non-hydrogen) atoms. The van der Waals surface area contributed by atoms with Crippen molar-refractivity contribution in [3.63, 3.8) is 0 Å². The molecule has 4 N–H and O–H groups in total. The number of sulfone groups is 1. The molecule has 10 nitrogen and oxygen atoms in total. The number of thiazole rings is 1. The normalized spacial score (nSPS) is 25.6. The van der Waals surface area contributed by atoms with Gasteiger partial charge in [0.25, 0.3) is 5.91 Å². The number of nitrogens with one attached hydrogen (secondary N) is 1. The van der Waals surface area contributed by atoms with Gasteiger partial charge in [0.1, 0.15) is 17.5 Å². The first-order chi connectivity index (χ1) is 12.1. The third kappa shape index (κ3) is 3.41. The zero-order valence-electron chi connectivity index (χ0n) is 13.3. The minimum atomic E-state index is -3.66. The summed E-state index contributed by atoms with van der Waals surface area (Å²) in [5, 5.41) is 13.4. The predicted molar refractivity (Wildman–Crippen MR) is 95.8 cm³/mol. The zero-order valence-corrected chi connectivity index (χ0v) is 15.7. The summed E-state index contributed by atoms with van der Waals surface area (Å²) in [6.45, 7) is 0. The second-order valence-electron chi connectivity index (χ2n) is 5.71. The lowest BCUT2D eigenvalue weighted by Crippen LogP contribution is -2.70. The number of rotatable bonds is 5. The van der Waals surface area contributed by atoms with E-state index in [1.165, 1.54) is 22.0 Å². The molecule has 2 aliphatic rings. The molecule has 2 unspecified atom stereocenters. The Morgan fingerprint density at radius 2 is 2.19 bits per heavy atom. The van der Waals surface area contributed by atoms with E-state index >= 15 is 0 Å². The van der Waals surface area contributed by atoms with Gasteiger partial charge in [0.05, 0.1) is 11.3 Å². The molecule has 140 valence electrons. The first-order valence-corrected chi connectivity index (χ1v) is 11.1. The highest BCUT2D eigenvalue weighted by atomic mass is 32.2. The van der Waals surface area contributed by atoms with Crippen molar-refractivity contribution in [3.05, 3.63) is 16.5 Å². The zero-order chi connectivity index (χ0) is 19.2. The molecule has 0 bridgehead atoms. The standard InChI is InChI=1S/C13H14N4O6S3/c1-26(22,23)4-5(6-2-25-13(14)15-6)9(18)16-8-10(19)17-7(12(20)21)3-24-11(8)17/h2,4,7-8,11H,3H2,1H3,(H2,14,15)(H,16,18)(H,20,21)/t7?,8?,11-/m0/s1. The van der Waals surface area contributed by atoms with Crippen LogP contribution in [-0.2, 0) is 24.2 Å². The van der Waals surface area contributed by atoms with Crippen LogP contribution in [0.1, 0.15) is 5.69 Å². The number of aliphatic carboxylic acids is 1. The SMILES string of the molecule is CS(=O)(=O)C=C(C(=O)NC1C(=O)N2C(C(=O)O)CS[C@@H]12)c1csc(N)n1. The van der Waals surface area contributed by atoms with Crippen LogP contribution < -0.4 is 11.1 Å². The maximum absolute atomic E-state index is 12.6. The molecule has 3 atom stereocenters.